The van der Waals surface area contributed by atoms with Crippen LogP contribution in [-0.4, -0.2) is 56.2 Å². The largest absolute Gasteiger partial charge is 0.373 e. The highest BCUT2D eigenvalue weighted by atomic mass is 16.5. The highest BCUT2D eigenvalue weighted by Gasteiger charge is 2.42. The number of anilines is 1. The van der Waals surface area contributed by atoms with E-state index in [1.54, 1.807) is 24.9 Å². The average Bonchev–Trinajstić information content (AvgIpc) is 3.22. The van der Waals surface area contributed by atoms with Gasteiger partial charge in [0.2, 0.25) is 0 Å². The van der Waals surface area contributed by atoms with E-state index in [0.717, 1.165) is 51.3 Å². The van der Waals surface area contributed by atoms with Crippen LogP contribution in [0.15, 0.2) is 31.1 Å². The third kappa shape index (κ3) is 3.35. The monoisotopic (exact) mass is 314 g/mol. The molecular formula is C16H22N6O. The van der Waals surface area contributed by atoms with Crippen LogP contribution in [0.25, 0.3) is 0 Å². The van der Waals surface area contributed by atoms with Crippen molar-refractivity contribution in [1.82, 2.24) is 24.8 Å². The number of imidazole rings is 1. The van der Waals surface area contributed by atoms with E-state index in [4.69, 9.17) is 4.74 Å². The Hall–Kier alpha value is -1.99. The first-order valence-corrected chi connectivity index (χ1v) is 8.17. The summed E-state index contributed by atoms with van der Waals surface area (Å²) in [7, 11) is 0. The third-order valence-corrected chi connectivity index (χ3v) is 4.84. The van der Waals surface area contributed by atoms with Gasteiger partial charge < -0.3 is 15.0 Å². The molecule has 122 valence electrons. The van der Waals surface area contributed by atoms with Gasteiger partial charge in [-0.1, -0.05) is 0 Å². The van der Waals surface area contributed by atoms with E-state index >= 15 is 0 Å². The van der Waals surface area contributed by atoms with Crippen LogP contribution in [0.2, 0.25) is 0 Å². The molecule has 0 aromatic carbocycles. The van der Waals surface area contributed by atoms with Gasteiger partial charge in [-0.3, -0.25) is 9.88 Å². The van der Waals surface area contributed by atoms with E-state index < -0.39 is 0 Å². The van der Waals surface area contributed by atoms with Gasteiger partial charge in [-0.25, -0.2) is 9.97 Å². The first-order chi connectivity index (χ1) is 11.3. The van der Waals surface area contributed by atoms with Crippen LogP contribution in [-0.2, 0) is 11.3 Å². The second-order valence-electron chi connectivity index (χ2n) is 6.48. The highest BCUT2D eigenvalue weighted by Crippen LogP contribution is 2.36. The van der Waals surface area contributed by atoms with Gasteiger partial charge in [0.1, 0.15) is 5.82 Å². The first kappa shape index (κ1) is 14.6. The Morgan fingerprint density at radius 2 is 2.17 bits per heavy atom. The molecule has 0 aliphatic carbocycles. The molecule has 4 heterocycles. The topological polar surface area (TPSA) is 79.0 Å². The van der Waals surface area contributed by atoms with Crippen molar-refractivity contribution >= 4 is 5.82 Å². The van der Waals surface area contributed by atoms with Crippen molar-refractivity contribution in [2.45, 2.75) is 37.5 Å². The lowest BCUT2D eigenvalue weighted by molar-refractivity contribution is -0.0449. The Labute approximate surface area is 135 Å². The van der Waals surface area contributed by atoms with Crippen molar-refractivity contribution in [3.05, 3.63) is 36.8 Å². The number of nitrogens with one attached hydrogen (secondary N) is 2. The Bertz CT molecular complexity index is 609. The van der Waals surface area contributed by atoms with E-state index in [-0.39, 0.29) is 5.60 Å². The molecule has 0 radical (unpaired) electrons. The zero-order chi connectivity index (χ0) is 15.5. The van der Waals surface area contributed by atoms with Gasteiger partial charge in [0.05, 0.1) is 30.8 Å². The number of H-pyrrole nitrogens is 1. The van der Waals surface area contributed by atoms with Crippen LogP contribution >= 0.6 is 0 Å². The molecule has 1 atom stereocenters. The Morgan fingerprint density at radius 3 is 2.91 bits per heavy atom. The molecule has 2 aromatic rings. The number of aromatic amines is 1. The number of nitrogens with zero attached hydrogens (tertiary/aromatic N) is 4. The predicted octanol–water partition coefficient (Wildman–Crippen LogP) is 1.44. The first-order valence-electron chi connectivity index (χ1n) is 8.17. The van der Waals surface area contributed by atoms with Crippen molar-refractivity contribution in [2.75, 3.05) is 25.0 Å². The van der Waals surface area contributed by atoms with Crippen molar-refractivity contribution in [3.63, 3.8) is 0 Å². The van der Waals surface area contributed by atoms with E-state index in [1.165, 1.54) is 5.69 Å². The normalized spacial score (nSPS) is 24.1. The number of hydrogen-bond acceptors (Lipinski definition) is 6. The van der Waals surface area contributed by atoms with Crippen LogP contribution < -0.4 is 5.32 Å². The molecule has 1 spiro atoms. The summed E-state index contributed by atoms with van der Waals surface area (Å²) in [6.07, 6.45) is 12.0. The minimum atomic E-state index is 0.0321. The maximum atomic E-state index is 6.19. The van der Waals surface area contributed by atoms with Crippen molar-refractivity contribution < 1.29 is 4.74 Å². The molecule has 0 amide bonds. The highest BCUT2D eigenvalue weighted by molar-refractivity contribution is 5.32. The van der Waals surface area contributed by atoms with Gasteiger partial charge in [-0.2, -0.15) is 0 Å². The minimum Gasteiger partial charge on any atom is -0.373 e. The molecule has 4 rings (SSSR count). The molecule has 0 saturated carbocycles. The minimum absolute atomic E-state index is 0.0321. The molecule has 2 saturated heterocycles. The second kappa shape index (κ2) is 6.25. The maximum Gasteiger partial charge on any atom is 0.144 e. The van der Waals surface area contributed by atoms with Gasteiger partial charge in [0.25, 0.3) is 0 Å². The fraction of sp³-hybridized carbons (Fsp3) is 0.562. The molecule has 2 aliphatic rings. The molecular weight excluding hydrogens is 292 g/mol. The SMILES string of the molecule is c1cnc(NC2COC3(CCN(Cc4cnc[nH]4)CC3)C2)cn1. The number of rotatable bonds is 4. The van der Waals surface area contributed by atoms with Crippen LogP contribution in [0, 0.1) is 0 Å². The fourth-order valence-corrected chi connectivity index (χ4v) is 3.60. The van der Waals surface area contributed by atoms with Gasteiger partial charge in [0.15, 0.2) is 0 Å². The van der Waals surface area contributed by atoms with E-state index in [1.807, 2.05) is 6.20 Å². The van der Waals surface area contributed by atoms with Crippen molar-refractivity contribution in [3.8, 4) is 0 Å². The zero-order valence-corrected chi connectivity index (χ0v) is 13.1. The molecule has 23 heavy (non-hydrogen) atoms. The number of piperidine rings is 1. The van der Waals surface area contributed by atoms with E-state index in [9.17, 15) is 0 Å². The van der Waals surface area contributed by atoms with Crippen LogP contribution in [0.5, 0.6) is 0 Å². The summed E-state index contributed by atoms with van der Waals surface area (Å²) in [5.74, 6) is 0.829. The molecule has 2 fully saturated rings. The van der Waals surface area contributed by atoms with Gasteiger partial charge in [-0.15, -0.1) is 0 Å². The number of aromatic nitrogens is 4. The van der Waals surface area contributed by atoms with Gasteiger partial charge >= 0.3 is 0 Å². The summed E-state index contributed by atoms with van der Waals surface area (Å²) in [5.41, 5.74) is 1.21. The van der Waals surface area contributed by atoms with E-state index in [0.29, 0.717) is 6.04 Å². The predicted molar refractivity (Wildman–Crippen MR) is 85.8 cm³/mol. The van der Waals surface area contributed by atoms with Gasteiger partial charge in [0, 0.05) is 43.9 Å². The summed E-state index contributed by atoms with van der Waals surface area (Å²) < 4.78 is 6.19. The summed E-state index contributed by atoms with van der Waals surface area (Å²) in [4.78, 5) is 18.1. The maximum absolute atomic E-state index is 6.19. The van der Waals surface area contributed by atoms with Crippen molar-refractivity contribution in [1.29, 1.82) is 0 Å². The lowest BCUT2D eigenvalue weighted by Gasteiger charge is -2.38. The quantitative estimate of drug-likeness (QED) is 0.889. The molecule has 2 aromatic heterocycles. The van der Waals surface area contributed by atoms with Crippen LogP contribution in [0.4, 0.5) is 5.82 Å². The average molecular weight is 314 g/mol. The van der Waals surface area contributed by atoms with Crippen LogP contribution in [0.1, 0.15) is 25.0 Å². The smallest absolute Gasteiger partial charge is 0.144 e. The summed E-state index contributed by atoms with van der Waals surface area (Å²) >= 11 is 0. The molecule has 7 heteroatoms. The second-order valence-corrected chi connectivity index (χ2v) is 6.48. The van der Waals surface area contributed by atoms with Crippen molar-refractivity contribution in [2.24, 2.45) is 0 Å². The summed E-state index contributed by atoms with van der Waals surface area (Å²) in [5, 5.41) is 3.43. The standard InChI is InChI=1S/C16H22N6O/c1-5-22(10-14-8-18-12-20-14)6-2-16(1)7-13(11-23-16)21-15-9-17-3-4-19-15/h3-4,8-9,12-13H,1-2,5-7,10-11H2,(H,18,20)(H,19,21). The summed E-state index contributed by atoms with van der Waals surface area (Å²) in [6, 6.07) is 0.325. The molecule has 0 bridgehead atoms. The summed E-state index contributed by atoms with van der Waals surface area (Å²) in [6.45, 7) is 3.82. The van der Waals surface area contributed by atoms with E-state index in [2.05, 4.69) is 30.2 Å². The van der Waals surface area contributed by atoms with Gasteiger partial charge in [-0.05, 0) is 19.3 Å². The molecule has 1 unspecified atom stereocenters. The number of hydrogen-bond donors (Lipinski definition) is 2. The third-order valence-electron chi connectivity index (χ3n) is 4.84. The Morgan fingerprint density at radius 1 is 1.26 bits per heavy atom. The Kier molecular flexibility index (Phi) is 3.97. The number of ether oxygens (including phenoxy) is 1. The molecule has 2 N–H and O–H groups in total. The number of likely N-dealkylation sites (tertiary alicyclic amines) is 1. The van der Waals surface area contributed by atoms with Crippen LogP contribution in [0.3, 0.4) is 0 Å². The zero-order valence-electron chi connectivity index (χ0n) is 13.1. The lowest BCUT2D eigenvalue weighted by Crippen LogP contribution is -2.44. The molecule has 2 aliphatic heterocycles. The Balaban J connectivity index is 1.29. The lowest BCUT2D eigenvalue weighted by atomic mass is 9.87. The fourth-order valence-electron chi connectivity index (χ4n) is 3.60. The molecule has 7 nitrogen and oxygen atoms in total.